The van der Waals surface area contributed by atoms with Crippen LogP contribution in [0, 0.1) is 11.3 Å². The van der Waals surface area contributed by atoms with Gasteiger partial charge in [0.05, 0.1) is 23.0 Å². The van der Waals surface area contributed by atoms with Crippen molar-refractivity contribution in [3.8, 4) is 6.07 Å². The first-order valence-corrected chi connectivity index (χ1v) is 4.86. The Hall–Kier alpha value is -1.69. The Morgan fingerprint density at radius 2 is 2.00 bits per heavy atom. The lowest BCUT2D eigenvalue weighted by molar-refractivity contribution is 0.949. The van der Waals surface area contributed by atoms with E-state index in [-0.39, 0.29) is 0 Å². The molecule has 14 heavy (non-hydrogen) atoms. The summed E-state index contributed by atoms with van der Waals surface area (Å²) in [6, 6.07) is 7.60. The number of nitrogens with zero attached hydrogens (tertiary/aromatic N) is 2. The van der Waals surface area contributed by atoms with Crippen LogP contribution in [-0.2, 0) is 0 Å². The summed E-state index contributed by atoms with van der Waals surface area (Å²) < 4.78 is 0. The highest BCUT2D eigenvalue weighted by molar-refractivity contribution is 5.69. The predicted molar refractivity (Wildman–Crippen MR) is 57.0 cm³/mol. The van der Waals surface area contributed by atoms with Crippen LogP contribution in [-0.4, -0.2) is 13.1 Å². The first-order valence-electron chi connectivity index (χ1n) is 4.86. The molecule has 3 nitrogen and oxygen atoms in total. The van der Waals surface area contributed by atoms with E-state index in [2.05, 4.69) is 11.0 Å². The van der Waals surface area contributed by atoms with Gasteiger partial charge in [-0.3, -0.25) is 0 Å². The van der Waals surface area contributed by atoms with Crippen molar-refractivity contribution in [2.24, 2.45) is 0 Å². The third-order valence-electron chi connectivity index (χ3n) is 2.60. The molecule has 1 fully saturated rings. The normalized spacial score (nSPS) is 15.5. The molecule has 0 atom stereocenters. The van der Waals surface area contributed by atoms with E-state index in [1.165, 1.54) is 12.8 Å². The maximum absolute atomic E-state index is 8.70. The standard InChI is InChI=1S/C11H13N3/c12-8-9-3-4-11(10(13)7-9)14-5-1-2-6-14/h3-4,7H,1-2,5-6,13H2. The quantitative estimate of drug-likeness (QED) is 0.681. The first kappa shape index (κ1) is 8.89. The van der Waals surface area contributed by atoms with Gasteiger partial charge >= 0.3 is 0 Å². The van der Waals surface area contributed by atoms with Crippen molar-refractivity contribution in [1.29, 1.82) is 5.26 Å². The lowest BCUT2D eigenvalue weighted by atomic mass is 10.2. The van der Waals surface area contributed by atoms with Crippen LogP contribution in [0.15, 0.2) is 18.2 Å². The molecule has 1 aliphatic rings. The molecule has 0 aromatic heterocycles. The van der Waals surface area contributed by atoms with Crippen LogP contribution in [0.25, 0.3) is 0 Å². The molecule has 72 valence electrons. The molecule has 1 heterocycles. The highest BCUT2D eigenvalue weighted by Gasteiger charge is 2.14. The summed E-state index contributed by atoms with van der Waals surface area (Å²) in [7, 11) is 0. The minimum Gasteiger partial charge on any atom is -0.397 e. The minimum absolute atomic E-state index is 0.630. The van der Waals surface area contributed by atoms with Crippen molar-refractivity contribution in [3.05, 3.63) is 23.8 Å². The average molecular weight is 187 g/mol. The van der Waals surface area contributed by atoms with E-state index < -0.39 is 0 Å². The molecule has 1 aromatic rings. The molecule has 0 unspecified atom stereocenters. The third kappa shape index (κ3) is 1.51. The zero-order valence-electron chi connectivity index (χ0n) is 8.03. The van der Waals surface area contributed by atoms with Gasteiger partial charge in [-0.2, -0.15) is 5.26 Å². The summed E-state index contributed by atoms with van der Waals surface area (Å²) >= 11 is 0. The second-order valence-electron chi connectivity index (χ2n) is 3.58. The van der Waals surface area contributed by atoms with Crippen molar-refractivity contribution in [2.75, 3.05) is 23.7 Å². The number of hydrogen-bond acceptors (Lipinski definition) is 3. The highest BCUT2D eigenvalue weighted by atomic mass is 15.1. The van der Waals surface area contributed by atoms with Crippen LogP contribution in [0.3, 0.4) is 0 Å². The maximum Gasteiger partial charge on any atom is 0.0992 e. The van der Waals surface area contributed by atoms with Crippen molar-refractivity contribution in [1.82, 2.24) is 0 Å². The number of rotatable bonds is 1. The first-order chi connectivity index (χ1) is 6.81. The number of anilines is 2. The van der Waals surface area contributed by atoms with Crippen molar-refractivity contribution in [2.45, 2.75) is 12.8 Å². The topological polar surface area (TPSA) is 53.0 Å². The molecule has 1 aromatic carbocycles. The van der Waals surface area contributed by atoms with E-state index in [0.29, 0.717) is 11.3 Å². The summed E-state index contributed by atoms with van der Waals surface area (Å²) in [5.74, 6) is 0. The summed E-state index contributed by atoms with van der Waals surface area (Å²) in [5, 5.41) is 8.70. The Balaban J connectivity index is 2.30. The second kappa shape index (κ2) is 3.59. The van der Waals surface area contributed by atoms with Gasteiger partial charge in [-0.1, -0.05) is 0 Å². The fourth-order valence-electron chi connectivity index (χ4n) is 1.87. The molecule has 3 heteroatoms. The zero-order valence-corrected chi connectivity index (χ0v) is 8.03. The molecule has 0 radical (unpaired) electrons. The van der Waals surface area contributed by atoms with E-state index in [1.54, 1.807) is 6.07 Å². The lowest BCUT2D eigenvalue weighted by Crippen LogP contribution is -2.18. The van der Waals surface area contributed by atoms with E-state index in [4.69, 9.17) is 11.0 Å². The molecule has 2 N–H and O–H groups in total. The zero-order chi connectivity index (χ0) is 9.97. The lowest BCUT2D eigenvalue weighted by Gasteiger charge is -2.19. The van der Waals surface area contributed by atoms with Crippen LogP contribution >= 0.6 is 0 Å². The van der Waals surface area contributed by atoms with E-state index in [0.717, 1.165) is 18.8 Å². The predicted octanol–water partition coefficient (Wildman–Crippen LogP) is 1.74. The molecule has 0 aliphatic carbocycles. The van der Waals surface area contributed by atoms with Crippen LogP contribution in [0.4, 0.5) is 11.4 Å². The van der Waals surface area contributed by atoms with Gasteiger partial charge in [0.15, 0.2) is 0 Å². The van der Waals surface area contributed by atoms with E-state index in [9.17, 15) is 0 Å². The smallest absolute Gasteiger partial charge is 0.0992 e. The number of benzene rings is 1. The second-order valence-corrected chi connectivity index (χ2v) is 3.58. The largest absolute Gasteiger partial charge is 0.397 e. The summed E-state index contributed by atoms with van der Waals surface area (Å²) in [4.78, 5) is 2.27. The van der Waals surface area contributed by atoms with Gasteiger partial charge in [0, 0.05) is 13.1 Å². The van der Waals surface area contributed by atoms with E-state index in [1.807, 2.05) is 12.1 Å². The summed E-state index contributed by atoms with van der Waals surface area (Å²) in [6.45, 7) is 2.16. The maximum atomic E-state index is 8.70. The Morgan fingerprint density at radius 1 is 1.29 bits per heavy atom. The van der Waals surface area contributed by atoms with Gasteiger partial charge < -0.3 is 10.6 Å². The van der Waals surface area contributed by atoms with Crippen molar-refractivity contribution in [3.63, 3.8) is 0 Å². The molecule has 0 amide bonds. The summed E-state index contributed by atoms with van der Waals surface area (Å²) in [5.41, 5.74) is 8.30. The number of nitrogen functional groups attached to an aromatic ring is 1. The molecule has 0 spiro atoms. The fraction of sp³-hybridized carbons (Fsp3) is 0.364. The minimum atomic E-state index is 0.630. The van der Waals surface area contributed by atoms with Gasteiger partial charge in [-0.15, -0.1) is 0 Å². The van der Waals surface area contributed by atoms with Gasteiger partial charge in [0.2, 0.25) is 0 Å². The van der Waals surface area contributed by atoms with Gasteiger partial charge in [-0.25, -0.2) is 0 Å². The molecule has 1 aliphatic heterocycles. The molecule has 2 rings (SSSR count). The van der Waals surface area contributed by atoms with Crippen LogP contribution in [0.2, 0.25) is 0 Å². The van der Waals surface area contributed by atoms with Crippen LogP contribution in [0.5, 0.6) is 0 Å². The fourth-order valence-corrected chi connectivity index (χ4v) is 1.87. The molecule has 0 saturated carbocycles. The number of hydrogen-bond donors (Lipinski definition) is 1. The van der Waals surface area contributed by atoms with Crippen molar-refractivity contribution < 1.29 is 0 Å². The Morgan fingerprint density at radius 3 is 2.57 bits per heavy atom. The monoisotopic (exact) mass is 187 g/mol. The Bertz CT molecular complexity index is 373. The third-order valence-corrected chi connectivity index (χ3v) is 2.60. The van der Waals surface area contributed by atoms with Crippen LogP contribution in [0.1, 0.15) is 18.4 Å². The van der Waals surface area contributed by atoms with Gasteiger partial charge in [0.1, 0.15) is 0 Å². The molecular formula is C11H13N3. The van der Waals surface area contributed by atoms with Gasteiger partial charge in [-0.05, 0) is 31.0 Å². The van der Waals surface area contributed by atoms with E-state index >= 15 is 0 Å². The average Bonchev–Trinajstić information content (AvgIpc) is 2.70. The van der Waals surface area contributed by atoms with Gasteiger partial charge in [0.25, 0.3) is 0 Å². The molecule has 1 saturated heterocycles. The van der Waals surface area contributed by atoms with Crippen LogP contribution < -0.4 is 10.6 Å². The molecular weight excluding hydrogens is 174 g/mol. The Kier molecular flexibility index (Phi) is 2.28. The number of nitriles is 1. The Labute approximate surface area is 83.7 Å². The highest BCUT2D eigenvalue weighted by Crippen LogP contribution is 2.27. The van der Waals surface area contributed by atoms with Crippen molar-refractivity contribution >= 4 is 11.4 Å². The molecule has 0 bridgehead atoms. The SMILES string of the molecule is N#Cc1ccc(N2CCCC2)c(N)c1. The summed E-state index contributed by atoms with van der Waals surface area (Å²) in [6.07, 6.45) is 2.47. The number of nitrogens with two attached hydrogens (primary N) is 1.